The molecule has 138 valence electrons. The van der Waals surface area contributed by atoms with Gasteiger partial charge in [0.1, 0.15) is 5.75 Å². The molecule has 0 spiro atoms. The van der Waals surface area contributed by atoms with E-state index in [9.17, 15) is 13.2 Å². The number of anilines is 1. The van der Waals surface area contributed by atoms with Crippen LogP contribution in [0.4, 0.5) is 5.69 Å². The Morgan fingerprint density at radius 1 is 1.15 bits per heavy atom. The van der Waals surface area contributed by atoms with Crippen LogP contribution in [0.1, 0.15) is 18.1 Å². The maximum Gasteiger partial charge on any atom is 0.248 e. The lowest BCUT2D eigenvalue weighted by Crippen LogP contribution is -2.20. The first kappa shape index (κ1) is 19.7. The maximum atomic E-state index is 12.1. The lowest BCUT2D eigenvalue weighted by Gasteiger charge is -2.09. The fourth-order valence-corrected chi connectivity index (χ4v) is 3.27. The van der Waals surface area contributed by atoms with Gasteiger partial charge in [-0.15, -0.1) is 0 Å². The van der Waals surface area contributed by atoms with E-state index in [1.165, 1.54) is 19.2 Å². The number of ether oxygens (including phenoxy) is 1. The van der Waals surface area contributed by atoms with Crippen LogP contribution in [0.3, 0.4) is 0 Å². The summed E-state index contributed by atoms with van der Waals surface area (Å²) < 4.78 is 31.6. The van der Waals surface area contributed by atoms with E-state index in [1.54, 1.807) is 25.1 Å². The third-order valence-electron chi connectivity index (χ3n) is 3.63. The number of benzene rings is 2. The van der Waals surface area contributed by atoms with Gasteiger partial charge in [0.15, 0.2) is 0 Å². The van der Waals surface area contributed by atoms with Gasteiger partial charge in [-0.05, 0) is 62.4 Å². The molecular formula is C19H22N2O4S. The molecule has 0 bridgehead atoms. The molecule has 7 heteroatoms. The summed E-state index contributed by atoms with van der Waals surface area (Å²) in [5.41, 5.74) is 1.86. The van der Waals surface area contributed by atoms with Gasteiger partial charge < -0.3 is 10.1 Å². The Bertz CT molecular complexity index is 904. The quantitative estimate of drug-likeness (QED) is 0.730. The second-order valence-electron chi connectivity index (χ2n) is 5.51. The van der Waals surface area contributed by atoms with E-state index >= 15 is 0 Å². The Labute approximate surface area is 153 Å². The number of nitrogens with one attached hydrogen (secondary N) is 2. The zero-order valence-corrected chi connectivity index (χ0v) is 15.8. The first-order chi connectivity index (χ1) is 12.4. The molecule has 2 N–H and O–H groups in total. The molecule has 1 amide bonds. The predicted molar refractivity (Wildman–Crippen MR) is 103 cm³/mol. The van der Waals surface area contributed by atoms with E-state index in [-0.39, 0.29) is 10.8 Å². The normalized spacial score (nSPS) is 11.5. The third-order valence-corrected chi connectivity index (χ3v) is 5.19. The van der Waals surface area contributed by atoms with E-state index in [2.05, 4.69) is 10.0 Å². The SMILES string of the molecule is CCOc1ccc(/C=C/C(=O)Nc2ccc(C)c(S(=O)(=O)NC)c2)cc1. The Morgan fingerprint density at radius 2 is 1.85 bits per heavy atom. The van der Waals surface area contributed by atoms with E-state index in [0.717, 1.165) is 11.3 Å². The van der Waals surface area contributed by atoms with Crippen molar-refractivity contribution in [3.63, 3.8) is 0 Å². The average molecular weight is 374 g/mol. The minimum Gasteiger partial charge on any atom is -0.494 e. The molecule has 0 saturated heterocycles. The van der Waals surface area contributed by atoms with Crippen molar-refractivity contribution in [1.82, 2.24) is 4.72 Å². The molecule has 2 rings (SSSR count). The first-order valence-corrected chi connectivity index (χ1v) is 9.60. The van der Waals surface area contributed by atoms with Gasteiger partial charge in [-0.2, -0.15) is 0 Å². The molecule has 0 saturated carbocycles. The second kappa shape index (κ2) is 8.64. The van der Waals surface area contributed by atoms with Gasteiger partial charge in [-0.1, -0.05) is 18.2 Å². The van der Waals surface area contributed by atoms with Crippen LogP contribution in [0.5, 0.6) is 5.75 Å². The third kappa shape index (κ3) is 5.18. The van der Waals surface area contributed by atoms with Gasteiger partial charge >= 0.3 is 0 Å². The molecule has 0 fully saturated rings. The zero-order chi connectivity index (χ0) is 19.2. The number of sulfonamides is 1. The van der Waals surface area contributed by atoms with Crippen molar-refractivity contribution >= 4 is 27.7 Å². The smallest absolute Gasteiger partial charge is 0.248 e. The predicted octanol–water partition coefficient (Wildman–Crippen LogP) is 2.95. The maximum absolute atomic E-state index is 12.1. The van der Waals surface area contributed by atoms with E-state index < -0.39 is 10.0 Å². The minimum atomic E-state index is -3.58. The van der Waals surface area contributed by atoms with Crippen LogP contribution in [-0.4, -0.2) is 28.0 Å². The Morgan fingerprint density at radius 3 is 2.46 bits per heavy atom. The summed E-state index contributed by atoms with van der Waals surface area (Å²) in [7, 11) is -2.24. The lowest BCUT2D eigenvalue weighted by atomic mass is 10.2. The fraction of sp³-hybridized carbons (Fsp3) is 0.211. The standard InChI is InChI=1S/C19H22N2O4S/c1-4-25-17-10-6-15(7-11-17)8-12-19(22)21-16-9-5-14(2)18(13-16)26(23,24)20-3/h5-13,20H,4H2,1-3H3,(H,21,22)/b12-8+. The first-order valence-electron chi connectivity index (χ1n) is 8.12. The molecule has 0 radical (unpaired) electrons. The fourth-order valence-electron chi connectivity index (χ4n) is 2.27. The van der Waals surface area contributed by atoms with Gasteiger partial charge in [0.25, 0.3) is 0 Å². The number of carbonyl (C=O) groups excluding carboxylic acids is 1. The summed E-state index contributed by atoms with van der Waals surface area (Å²) in [4.78, 5) is 12.2. The van der Waals surface area contributed by atoms with Gasteiger partial charge in [0.2, 0.25) is 15.9 Å². The van der Waals surface area contributed by atoms with E-state index in [4.69, 9.17) is 4.74 Å². The number of carbonyl (C=O) groups is 1. The lowest BCUT2D eigenvalue weighted by molar-refractivity contribution is -0.111. The summed E-state index contributed by atoms with van der Waals surface area (Å²) in [6.07, 6.45) is 3.06. The highest BCUT2D eigenvalue weighted by Gasteiger charge is 2.15. The van der Waals surface area contributed by atoms with Crippen LogP contribution < -0.4 is 14.8 Å². The van der Waals surface area contributed by atoms with Crippen LogP contribution in [-0.2, 0) is 14.8 Å². The number of rotatable bonds is 7. The van der Waals surface area contributed by atoms with Crippen molar-refractivity contribution in [2.75, 3.05) is 19.0 Å². The highest BCUT2D eigenvalue weighted by molar-refractivity contribution is 7.89. The molecule has 0 aliphatic carbocycles. The summed E-state index contributed by atoms with van der Waals surface area (Å²) >= 11 is 0. The molecule has 26 heavy (non-hydrogen) atoms. The zero-order valence-electron chi connectivity index (χ0n) is 14.9. The van der Waals surface area contributed by atoms with Crippen LogP contribution in [0.25, 0.3) is 6.08 Å². The second-order valence-corrected chi connectivity index (χ2v) is 7.37. The Hall–Kier alpha value is -2.64. The van der Waals surface area contributed by atoms with Crippen molar-refractivity contribution in [1.29, 1.82) is 0 Å². The van der Waals surface area contributed by atoms with Crippen molar-refractivity contribution in [2.45, 2.75) is 18.7 Å². The Kier molecular flexibility index (Phi) is 6.54. The number of amides is 1. The molecule has 0 atom stereocenters. The molecular weight excluding hydrogens is 352 g/mol. The van der Waals surface area contributed by atoms with E-state index in [1.807, 2.05) is 31.2 Å². The highest BCUT2D eigenvalue weighted by atomic mass is 32.2. The average Bonchev–Trinajstić information content (AvgIpc) is 2.63. The van der Waals surface area contributed by atoms with Crippen molar-refractivity contribution < 1.29 is 17.9 Å². The van der Waals surface area contributed by atoms with Crippen molar-refractivity contribution in [3.8, 4) is 5.75 Å². The van der Waals surface area contributed by atoms with Crippen molar-refractivity contribution in [2.24, 2.45) is 0 Å². The van der Waals surface area contributed by atoms with E-state index in [0.29, 0.717) is 17.9 Å². The molecule has 2 aromatic carbocycles. The molecule has 0 aliphatic rings. The minimum absolute atomic E-state index is 0.133. The molecule has 6 nitrogen and oxygen atoms in total. The topological polar surface area (TPSA) is 84.5 Å². The molecule has 0 aliphatic heterocycles. The Balaban J connectivity index is 2.09. The van der Waals surface area contributed by atoms with Gasteiger partial charge in [0, 0.05) is 11.8 Å². The molecule has 0 heterocycles. The molecule has 0 unspecified atom stereocenters. The highest BCUT2D eigenvalue weighted by Crippen LogP contribution is 2.20. The number of hydrogen-bond acceptors (Lipinski definition) is 4. The van der Waals surface area contributed by atoms with Crippen LogP contribution in [0.2, 0.25) is 0 Å². The van der Waals surface area contributed by atoms with Gasteiger partial charge in [0.05, 0.1) is 11.5 Å². The summed E-state index contributed by atoms with van der Waals surface area (Å²) in [6, 6.07) is 12.1. The monoisotopic (exact) mass is 374 g/mol. The summed E-state index contributed by atoms with van der Waals surface area (Å²) in [5, 5.41) is 2.67. The van der Waals surface area contributed by atoms with Gasteiger partial charge in [-0.3, -0.25) is 4.79 Å². The van der Waals surface area contributed by atoms with Crippen LogP contribution in [0, 0.1) is 6.92 Å². The number of hydrogen-bond donors (Lipinski definition) is 2. The largest absolute Gasteiger partial charge is 0.494 e. The molecule has 0 aromatic heterocycles. The van der Waals surface area contributed by atoms with Gasteiger partial charge in [-0.25, -0.2) is 13.1 Å². The van der Waals surface area contributed by atoms with Crippen LogP contribution in [0.15, 0.2) is 53.4 Å². The summed E-state index contributed by atoms with van der Waals surface area (Å²) in [5.74, 6) is 0.419. The number of aryl methyl sites for hydroxylation is 1. The summed E-state index contributed by atoms with van der Waals surface area (Å²) in [6.45, 7) is 4.21. The molecule has 2 aromatic rings. The van der Waals surface area contributed by atoms with Crippen molar-refractivity contribution in [3.05, 3.63) is 59.7 Å². The van der Waals surface area contributed by atoms with Crippen LogP contribution >= 0.6 is 0 Å².